The largest absolute Gasteiger partial charge is 0.311 e. The maximum Gasteiger partial charge on any atom is 0.0253 e. The van der Waals surface area contributed by atoms with E-state index in [-0.39, 0.29) is 0 Å². The zero-order valence-corrected chi connectivity index (χ0v) is 14.0. The molecule has 1 saturated heterocycles. The van der Waals surface area contributed by atoms with Gasteiger partial charge in [0.2, 0.25) is 0 Å². The van der Waals surface area contributed by atoms with Gasteiger partial charge in [0.25, 0.3) is 0 Å². The minimum atomic E-state index is 0.332. The minimum absolute atomic E-state index is 0.332. The lowest BCUT2D eigenvalue weighted by Crippen LogP contribution is -2.60. The van der Waals surface area contributed by atoms with Crippen LogP contribution in [0.15, 0.2) is 24.3 Å². The third kappa shape index (κ3) is 3.49. The zero-order valence-electron chi connectivity index (χ0n) is 14.0. The Labute approximate surface area is 129 Å². The van der Waals surface area contributed by atoms with Crippen LogP contribution in [0.3, 0.4) is 0 Å². The summed E-state index contributed by atoms with van der Waals surface area (Å²) in [6, 6.07) is 10.2. The quantitative estimate of drug-likeness (QED) is 0.913. The third-order valence-corrected chi connectivity index (χ3v) is 5.31. The SMILES string of the molecule is Cc1ccccc1CN1CC(C(C)(C)C)NCC1C1CC1. The van der Waals surface area contributed by atoms with Gasteiger partial charge in [0, 0.05) is 31.7 Å². The highest BCUT2D eigenvalue weighted by Crippen LogP contribution is 2.38. The van der Waals surface area contributed by atoms with Crippen molar-refractivity contribution in [2.75, 3.05) is 13.1 Å². The summed E-state index contributed by atoms with van der Waals surface area (Å²) in [5, 5.41) is 3.82. The first-order valence-electron chi connectivity index (χ1n) is 8.47. The van der Waals surface area contributed by atoms with E-state index in [4.69, 9.17) is 0 Å². The molecule has 0 aromatic heterocycles. The van der Waals surface area contributed by atoms with Crippen molar-refractivity contribution in [1.82, 2.24) is 10.2 Å². The molecule has 1 aliphatic carbocycles. The van der Waals surface area contributed by atoms with Gasteiger partial charge in [0.05, 0.1) is 0 Å². The van der Waals surface area contributed by atoms with Gasteiger partial charge in [-0.25, -0.2) is 0 Å². The highest BCUT2D eigenvalue weighted by molar-refractivity contribution is 5.25. The second-order valence-electron chi connectivity index (χ2n) is 8.09. The van der Waals surface area contributed by atoms with E-state index in [2.05, 4.69) is 62.2 Å². The molecule has 1 N–H and O–H groups in total. The lowest BCUT2D eigenvalue weighted by Gasteiger charge is -2.45. The van der Waals surface area contributed by atoms with Crippen LogP contribution in [0.5, 0.6) is 0 Å². The summed E-state index contributed by atoms with van der Waals surface area (Å²) >= 11 is 0. The van der Waals surface area contributed by atoms with Gasteiger partial charge >= 0.3 is 0 Å². The molecule has 1 aromatic rings. The topological polar surface area (TPSA) is 15.3 Å². The number of piperazine rings is 1. The van der Waals surface area contributed by atoms with Crippen molar-refractivity contribution in [2.45, 2.75) is 59.2 Å². The predicted molar refractivity (Wildman–Crippen MR) is 89.3 cm³/mol. The molecule has 2 fully saturated rings. The molecule has 2 unspecified atom stereocenters. The Morgan fingerprint density at radius 3 is 2.52 bits per heavy atom. The number of nitrogens with zero attached hydrogens (tertiary/aromatic N) is 1. The first-order valence-corrected chi connectivity index (χ1v) is 8.47. The summed E-state index contributed by atoms with van der Waals surface area (Å²) in [6.07, 6.45) is 2.85. The fourth-order valence-electron chi connectivity index (χ4n) is 3.54. The van der Waals surface area contributed by atoms with Gasteiger partial charge in [-0.1, -0.05) is 45.0 Å². The monoisotopic (exact) mass is 286 g/mol. The fraction of sp³-hybridized carbons (Fsp3) is 0.684. The van der Waals surface area contributed by atoms with Crippen LogP contribution in [0.1, 0.15) is 44.7 Å². The summed E-state index contributed by atoms with van der Waals surface area (Å²) in [4.78, 5) is 2.76. The Kier molecular flexibility index (Phi) is 4.11. The van der Waals surface area contributed by atoms with Crippen molar-refractivity contribution in [3.63, 3.8) is 0 Å². The summed E-state index contributed by atoms with van der Waals surface area (Å²) in [6.45, 7) is 12.8. The molecular weight excluding hydrogens is 256 g/mol. The maximum absolute atomic E-state index is 3.82. The van der Waals surface area contributed by atoms with Crippen LogP contribution in [0, 0.1) is 18.3 Å². The predicted octanol–water partition coefficient (Wildman–Crippen LogP) is 3.59. The molecule has 21 heavy (non-hydrogen) atoms. The lowest BCUT2D eigenvalue weighted by molar-refractivity contribution is 0.0687. The van der Waals surface area contributed by atoms with E-state index < -0.39 is 0 Å². The number of aryl methyl sites for hydroxylation is 1. The molecule has 2 heteroatoms. The fourth-order valence-corrected chi connectivity index (χ4v) is 3.54. The van der Waals surface area contributed by atoms with Crippen molar-refractivity contribution in [2.24, 2.45) is 11.3 Å². The molecule has 1 aromatic carbocycles. The summed E-state index contributed by atoms with van der Waals surface area (Å²) in [5.74, 6) is 0.933. The molecule has 1 heterocycles. The van der Waals surface area contributed by atoms with E-state index in [1.165, 1.54) is 37.1 Å². The van der Waals surface area contributed by atoms with Crippen LogP contribution in [-0.2, 0) is 6.54 Å². The highest BCUT2D eigenvalue weighted by Gasteiger charge is 2.41. The van der Waals surface area contributed by atoms with Crippen LogP contribution in [-0.4, -0.2) is 30.1 Å². The van der Waals surface area contributed by atoms with E-state index in [0.29, 0.717) is 11.5 Å². The molecule has 0 amide bonds. The molecular formula is C19H30N2. The van der Waals surface area contributed by atoms with Crippen molar-refractivity contribution >= 4 is 0 Å². The Morgan fingerprint density at radius 2 is 1.90 bits per heavy atom. The molecule has 116 valence electrons. The van der Waals surface area contributed by atoms with E-state index in [1.807, 2.05) is 0 Å². The molecule has 3 rings (SSSR count). The van der Waals surface area contributed by atoms with Gasteiger partial charge in [0.15, 0.2) is 0 Å². The maximum atomic E-state index is 3.82. The molecule has 0 bridgehead atoms. The molecule has 1 saturated carbocycles. The van der Waals surface area contributed by atoms with Gasteiger partial charge in [0.1, 0.15) is 0 Å². The van der Waals surface area contributed by atoms with Gasteiger partial charge in [-0.2, -0.15) is 0 Å². The van der Waals surface area contributed by atoms with Crippen molar-refractivity contribution in [3.8, 4) is 0 Å². The zero-order chi connectivity index (χ0) is 15.0. The summed E-state index contributed by atoms with van der Waals surface area (Å²) < 4.78 is 0. The Morgan fingerprint density at radius 1 is 1.19 bits per heavy atom. The van der Waals surface area contributed by atoms with Crippen molar-refractivity contribution in [3.05, 3.63) is 35.4 Å². The van der Waals surface area contributed by atoms with Crippen LogP contribution in [0.4, 0.5) is 0 Å². The van der Waals surface area contributed by atoms with Gasteiger partial charge < -0.3 is 5.32 Å². The van der Waals surface area contributed by atoms with E-state index >= 15 is 0 Å². The summed E-state index contributed by atoms with van der Waals surface area (Å²) in [5.41, 5.74) is 3.26. The van der Waals surface area contributed by atoms with E-state index in [9.17, 15) is 0 Å². The molecule has 0 spiro atoms. The summed E-state index contributed by atoms with van der Waals surface area (Å²) in [7, 11) is 0. The molecule has 1 aliphatic heterocycles. The van der Waals surface area contributed by atoms with Gasteiger partial charge in [-0.05, 0) is 42.2 Å². The molecule has 0 radical (unpaired) electrons. The van der Waals surface area contributed by atoms with Crippen LogP contribution < -0.4 is 5.32 Å². The Hall–Kier alpha value is -0.860. The second kappa shape index (κ2) is 5.73. The Bertz CT molecular complexity index is 485. The number of hydrogen-bond acceptors (Lipinski definition) is 2. The van der Waals surface area contributed by atoms with Crippen LogP contribution in [0.25, 0.3) is 0 Å². The smallest absolute Gasteiger partial charge is 0.0253 e. The van der Waals surface area contributed by atoms with Crippen LogP contribution in [0.2, 0.25) is 0 Å². The molecule has 2 nitrogen and oxygen atoms in total. The number of hydrogen-bond donors (Lipinski definition) is 1. The highest BCUT2D eigenvalue weighted by atomic mass is 15.2. The van der Waals surface area contributed by atoms with Crippen molar-refractivity contribution < 1.29 is 0 Å². The number of benzene rings is 1. The average molecular weight is 286 g/mol. The third-order valence-electron chi connectivity index (χ3n) is 5.31. The van der Waals surface area contributed by atoms with Gasteiger partial charge in [-0.3, -0.25) is 4.90 Å². The van der Waals surface area contributed by atoms with Gasteiger partial charge in [-0.15, -0.1) is 0 Å². The van der Waals surface area contributed by atoms with E-state index in [1.54, 1.807) is 0 Å². The normalized spacial score (nSPS) is 27.8. The first kappa shape index (κ1) is 15.1. The first-order chi connectivity index (χ1) is 9.95. The molecule has 2 aliphatic rings. The standard InChI is InChI=1S/C19H30N2/c1-14-7-5-6-8-16(14)12-21-13-18(19(2,3)4)20-11-17(21)15-9-10-15/h5-8,15,17-18,20H,9-13H2,1-4H3. The van der Waals surface area contributed by atoms with Crippen LogP contribution >= 0.6 is 0 Å². The van der Waals surface area contributed by atoms with Crippen molar-refractivity contribution in [1.29, 1.82) is 0 Å². The second-order valence-corrected chi connectivity index (χ2v) is 8.09. The number of nitrogens with one attached hydrogen (secondary N) is 1. The number of rotatable bonds is 3. The Balaban J connectivity index is 1.76. The molecule has 2 atom stereocenters. The lowest BCUT2D eigenvalue weighted by atomic mass is 9.84. The average Bonchev–Trinajstić information content (AvgIpc) is 3.25. The minimum Gasteiger partial charge on any atom is -0.311 e. The van der Waals surface area contributed by atoms with E-state index in [0.717, 1.165) is 18.5 Å².